The minimum Gasteiger partial charge on any atom is -0.504 e. The van der Waals surface area contributed by atoms with E-state index in [1.165, 1.54) is 12.1 Å². The van der Waals surface area contributed by atoms with Gasteiger partial charge in [0.2, 0.25) is 5.75 Å². The van der Waals surface area contributed by atoms with E-state index in [2.05, 4.69) is 0 Å². The van der Waals surface area contributed by atoms with Crippen LogP contribution in [0, 0.1) is 0 Å². The SMILES string of the molecule is [OH].[O]c1ccccc1O. The monoisotopic (exact) mass is 126 g/mol. The summed E-state index contributed by atoms with van der Waals surface area (Å²) in [6, 6.07) is 5.87. The first-order chi connectivity index (χ1) is 3.80. The predicted molar refractivity (Wildman–Crippen MR) is 30.2 cm³/mol. The number of para-hydroxylation sites is 2. The van der Waals surface area contributed by atoms with Crippen LogP contribution in [0.1, 0.15) is 0 Å². The van der Waals surface area contributed by atoms with E-state index in [-0.39, 0.29) is 17.0 Å². The van der Waals surface area contributed by atoms with Gasteiger partial charge in [-0.15, -0.1) is 0 Å². The molecule has 0 saturated carbocycles. The summed E-state index contributed by atoms with van der Waals surface area (Å²) in [5.41, 5.74) is 0. The Labute approximate surface area is 52.5 Å². The van der Waals surface area contributed by atoms with Crippen LogP contribution >= 0.6 is 0 Å². The third-order valence-corrected chi connectivity index (χ3v) is 0.865. The highest BCUT2D eigenvalue weighted by molar-refractivity contribution is 5.35. The van der Waals surface area contributed by atoms with Crippen LogP contribution in [0.25, 0.3) is 0 Å². The van der Waals surface area contributed by atoms with E-state index >= 15 is 0 Å². The second kappa shape index (κ2) is 2.94. The summed E-state index contributed by atoms with van der Waals surface area (Å²) in [6.07, 6.45) is 0. The molecule has 1 aromatic carbocycles. The van der Waals surface area contributed by atoms with Gasteiger partial charge in [-0.1, -0.05) is 12.1 Å². The molecule has 2 N–H and O–H groups in total. The first-order valence-electron chi connectivity index (χ1n) is 2.26. The lowest BCUT2D eigenvalue weighted by atomic mass is 10.3. The lowest BCUT2D eigenvalue weighted by Gasteiger charge is -1.87. The molecule has 0 unspecified atom stereocenters. The number of hydrogen-bond acceptors (Lipinski definition) is 1. The van der Waals surface area contributed by atoms with Gasteiger partial charge in [-0.3, -0.25) is 10.6 Å². The number of benzene rings is 1. The molecule has 48 valence electrons. The Bertz CT molecular complexity index is 164. The van der Waals surface area contributed by atoms with Crippen molar-refractivity contribution in [3.05, 3.63) is 24.3 Å². The Morgan fingerprint density at radius 2 is 1.78 bits per heavy atom. The van der Waals surface area contributed by atoms with Gasteiger partial charge in [-0.25, -0.2) is 0 Å². The van der Waals surface area contributed by atoms with Crippen LogP contribution in [-0.2, 0) is 5.11 Å². The zero-order valence-electron chi connectivity index (χ0n) is 4.61. The van der Waals surface area contributed by atoms with Crippen LogP contribution in [0.4, 0.5) is 0 Å². The van der Waals surface area contributed by atoms with Crippen LogP contribution in [-0.4, -0.2) is 10.6 Å². The van der Waals surface area contributed by atoms with Crippen molar-refractivity contribution in [3.63, 3.8) is 0 Å². The van der Waals surface area contributed by atoms with Crippen molar-refractivity contribution in [2.75, 3.05) is 0 Å². The fourth-order valence-electron chi connectivity index (χ4n) is 0.457. The van der Waals surface area contributed by atoms with Crippen LogP contribution < -0.4 is 0 Å². The van der Waals surface area contributed by atoms with Crippen LogP contribution in [0.2, 0.25) is 0 Å². The summed E-state index contributed by atoms with van der Waals surface area (Å²) in [6.45, 7) is 0. The zero-order chi connectivity index (χ0) is 5.98. The van der Waals surface area contributed by atoms with Gasteiger partial charge in [-0.05, 0) is 12.1 Å². The lowest BCUT2D eigenvalue weighted by molar-refractivity contribution is 0.325. The largest absolute Gasteiger partial charge is 0.504 e. The van der Waals surface area contributed by atoms with Gasteiger partial charge < -0.3 is 5.11 Å². The summed E-state index contributed by atoms with van der Waals surface area (Å²) in [7, 11) is 0. The molecule has 0 fully saturated rings. The normalized spacial score (nSPS) is 8.00. The topological polar surface area (TPSA) is 70.1 Å². The Hall–Kier alpha value is -1.22. The number of hydrogen-bond donors (Lipinski definition) is 2. The van der Waals surface area contributed by atoms with Crippen molar-refractivity contribution in [1.29, 1.82) is 0 Å². The average molecular weight is 126 g/mol. The molecule has 3 nitrogen and oxygen atoms in total. The van der Waals surface area contributed by atoms with Gasteiger partial charge in [0.25, 0.3) is 0 Å². The van der Waals surface area contributed by atoms with Crippen molar-refractivity contribution >= 4 is 0 Å². The fraction of sp³-hybridized carbons (Fsp3) is 0. The smallest absolute Gasteiger partial charge is 0.220 e. The van der Waals surface area contributed by atoms with E-state index in [1.807, 2.05) is 0 Å². The molecule has 0 aromatic heterocycles. The fourth-order valence-corrected chi connectivity index (χ4v) is 0.457. The van der Waals surface area contributed by atoms with Crippen LogP contribution in [0.15, 0.2) is 24.3 Å². The van der Waals surface area contributed by atoms with E-state index in [1.54, 1.807) is 12.1 Å². The summed E-state index contributed by atoms with van der Waals surface area (Å²) in [5.74, 6) is -0.514. The molecule has 0 heterocycles. The Morgan fingerprint density at radius 3 is 2.11 bits per heavy atom. The first-order valence-corrected chi connectivity index (χ1v) is 2.26. The molecule has 1 rings (SSSR count). The first kappa shape index (κ1) is 7.78. The van der Waals surface area contributed by atoms with Crippen molar-refractivity contribution in [2.45, 2.75) is 0 Å². The summed E-state index contributed by atoms with van der Waals surface area (Å²) < 4.78 is 0. The predicted octanol–water partition coefficient (Wildman–Crippen LogP) is 1.36. The lowest BCUT2D eigenvalue weighted by Crippen LogP contribution is -1.61. The van der Waals surface area contributed by atoms with Crippen LogP contribution in [0.3, 0.4) is 0 Å². The summed E-state index contributed by atoms with van der Waals surface area (Å²) in [4.78, 5) is 0. The molecular weight excluding hydrogens is 120 g/mol. The molecule has 0 aliphatic rings. The van der Waals surface area contributed by atoms with Gasteiger partial charge in [0.15, 0.2) is 5.75 Å². The Morgan fingerprint density at radius 1 is 1.22 bits per heavy atom. The maximum absolute atomic E-state index is 10.4. The third-order valence-electron chi connectivity index (χ3n) is 0.865. The highest BCUT2D eigenvalue weighted by Crippen LogP contribution is 2.22. The number of phenols is 1. The molecule has 0 spiro atoms. The van der Waals surface area contributed by atoms with E-state index in [0.29, 0.717) is 0 Å². The highest BCUT2D eigenvalue weighted by atomic mass is 16.3. The molecule has 9 heavy (non-hydrogen) atoms. The molecule has 1 aromatic rings. The molecule has 0 atom stereocenters. The molecular formula is C6H6O3. The van der Waals surface area contributed by atoms with Crippen LogP contribution in [0.5, 0.6) is 11.5 Å². The maximum Gasteiger partial charge on any atom is 0.220 e. The van der Waals surface area contributed by atoms with E-state index in [0.717, 1.165) is 0 Å². The Kier molecular flexibility index (Phi) is 2.54. The quantitative estimate of drug-likeness (QED) is 0.541. The minimum absolute atomic E-state index is 0. The van der Waals surface area contributed by atoms with Gasteiger partial charge in [0.05, 0.1) is 0 Å². The highest BCUT2D eigenvalue weighted by Gasteiger charge is 1.93. The molecule has 0 aliphatic carbocycles. The molecule has 3 heteroatoms. The average Bonchev–Trinajstić information content (AvgIpc) is 1.77. The van der Waals surface area contributed by atoms with Gasteiger partial charge in [0, 0.05) is 0 Å². The molecule has 0 aliphatic heterocycles. The maximum atomic E-state index is 10.4. The molecule has 2 radical (unpaired) electrons. The molecule has 0 amide bonds. The van der Waals surface area contributed by atoms with Gasteiger partial charge in [-0.2, -0.15) is 0 Å². The van der Waals surface area contributed by atoms with Crippen molar-refractivity contribution in [1.82, 2.24) is 0 Å². The van der Waals surface area contributed by atoms with Crippen molar-refractivity contribution in [3.8, 4) is 11.5 Å². The standard InChI is InChI=1S/C6H5O2.HO/c7-5-3-1-2-4-6(5)8;/h1-4,7H;1H. The second-order valence-electron chi connectivity index (χ2n) is 1.47. The van der Waals surface area contributed by atoms with E-state index in [9.17, 15) is 5.11 Å². The summed E-state index contributed by atoms with van der Waals surface area (Å²) in [5, 5.41) is 19.0. The minimum atomic E-state index is -0.326. The number of phenolic OH excluding ortho intramolecular Hbond substituents is 1. The van der Waals surface area contributed by atoms with Gasteiger partial charge in [0.1, 0.15) is 0 Å². The second-order valence-corrected chi connectivity index (χ2v) is 1.47. The van der Waals surface area contributed by atoms with Crippen molar-refractivity contribution < 1.29 is 15.7 Å². The molecule has 0 bridgehead atoms. The number of aromatic hydroxyl groups is 1. The van der Waals surface area contributed by atoms with Crippen molar-refractivity contribution in [2.24, 2.45) is 0 Å². The van der Waals surface area contributed by atoms with Gasteiger partial charge >= 0.3 is 0 Å². The number of rotatable bonds is 0. The molecule has 0 saturated heterocycles. The van der Waals surface area contributed by atoms with E-state index < -0.39 is 0 Å². The third kappa shape index (κ3) is 1.62. The Balaban J connectivity index is 0.000000640. The van der Waals surface area contributed by atoms with E-state index in [4.69, 9.17) is 5.11 Å². The zero-order valence-corrected chi connectivity index (χ0v) is 4.61. The summed E-state index contributed by atoms with van der Waals surface area (Å²) >= 11 is 0.